The fourth-order valence-corrected chi connectivity index (χ4v) is 2.92. The second-order valence-electron chi connectivity index (χ2n) is 4.99. The van der Waals surface area contributed by atoms with Crippen LogP contribution in [0.3, 0.4) is 0 Å². The molecule has 2 aromatic rings. The maximum Gasteiger partial charge on any atom is 0.224 e. The molecule has 0 saturated carbocycles. The van der Waals surface area contributed by atoms with Gasteiger partial charge in [0.05, 0.1) is 11.7 Å². The summed E-state index contributed by atoms with van der Waals surface area (Å²) in [5, 5.41) is 3.28. The lowest BCUT2D eigenvalue weighted by molar-refractivity contribution is 0.594. The standard InChI is InChI=1S/C14H13Cl2FN4/c1-7(8-5-6-18-12(15)11(8)17)19-13-9-3-2-4-10(9)20-14(16)21-13/h5-7H,2-4H2,1H3,(H,19,20,21). The molecule has 1 atom stereocenters. The molecule has 0 aliphatic heterocycles. The first-order valence-electron chi connectivity index (χ1n) is 6.68. The lowest BCUT2D eigenvalue weighted by Gasteiger charge is -2.18. The van der Waals surface area contributed by atoms with Crippen molar-refractivity contribution in [2.45, 2.75) is 32.2 Å². The van der Waals surface area contributed by atoms with Crippen LogP contribution in [0.25, 0.3) is 0 Å². The average molecular weight is 327 g/mol. The van der Waals surface area contributed by atoms with Crippen LogP contribution < -0.4 is 5.32 Å². The van der Waals surface area contributed by atoms with E-state index in [4.69, 9.17) is 23.2 Å². The molecule has 0 radical (unpaired) electrons. The summed E-state index contributed by atoms with van der Waals surface area (Å²) in [6.07, 6.45) is 4.32. The number of aromatic nitrogens is 3. The van der Waals surface area contributed by atoms with E-state index in [2.05, 4.69) is 20.3 Å². The third-order valence-electron chi connectivity index (χ3n) is 3.60. The highest BCUT2D eigenvalue weighted by molar-refractivity contribution is 6.29. The molecular weight excluding hydrogens is 314 g/mol. The van der Waals surface area contributed by atoms with Gasteiger partial charge in [0, 0.05) is 17.3 Å². The van der Waals surface area contributed by atoms with Crippen molar-refractivity contribution in [3.8, 4) is 0 Å². The van der Waals surface area contributed by atoms with Crippen LogP contribution in [0.1, 0.15) is 36.2 Å². The van der Waals surface area contributed by atoms with Crippen molar-refractivity contribution in [1.82, 2.24) is 15.0 Å². The first-order valence-corrected chi connectivity index (χ1v) is 7.43. The van der Waals surface area contributed by atoms with Gasteiger partial charge in [0.25, 0.3) is 0 Å². The van der Waals surface area contributed by atoms with Gasteiger partial charge in [-0.1, -0.05) is 11.6 Å². The summed E-state index contributed by atoms with van der Waals surface area (Å²) >= 11 is 11.7. The molecule has 1 aliphatic rings. The van der Waals surface area contributed by atoms with E-state index in [1.165, 1.54) is 6.20 Å². The fourth-order valence-electron chi connectivity index (χ4n) is 2.57. The summed E-state index contributed by atoms with van der Waals surface area (Å²) in [5.41, 5.74) is 2.47. The lowest BCUT2D eigenvalue weighted by atomic mass is 10.1. The summed E-state index contributed by atoms with van der Waals surface area (Å²) in [6.45, 7) is 1.84. The van der Waals surface area contributed by atoms with E-state index in [1.54, 1.807) is 6.07 Å². The van der Waals surface area contributed by atoms with Gasteiger partial charge in [0.2, 0.25) is 5.28 Å². The van der Waals surface area contributed by atoms with Crippen molar-refractivity contribution in [3.63, 3.8) is 0 Å². The second-order valence-corrected chi connectivity index (χ2v) is 5.69. The van der Waals surface area contributed by atoms with Crippen molar-refractivity contribution in [2.75, 3.05) is 5.32 Å². The number of hydrogen-bond donors (Lipinski definition) is 1. The maximum atomic E-state index is 14.0. The molecule has 0 bridgehead atoms. The Balaban J connectivity index is 1.92. The van der Waals surface area contributed by atoms with E-state index >= 15 is 0 Å². The first-order chi connectivity index (χ1) is 10.1. The van der Waals surface area contributed by atoms with Crippen LogP contribution in [0.2, 0.25) is 10.4 Å². The van der Waals surface area contributed by atoms with Crippen LogP contribution in [0.5, 0.6) is 0 Å². The van der Waals surface area contributed by atoms with Gasteiger partial charge in [-0.2, -0.15) is 0 Å². The number of anilines is 1. The van der Waals surface area contributed by atoms with Gasteiger partial charge in [-0.25, -0.2) is 19.3 Å². The quantitative estimate of drug-likeness (QED) is 0.684. The van der Waals surface area contributed by atoms with Gasteiger partial charge in [-0.05, 0) is 43.9 Å². The van der Waals surface area contributed by atoms with E-state index in [1.807, 2.05) is 6.92 Å². The number of nitrogens with one attached hydrogen (secondary N) is 1. The molecular formula is C14H13Cl2FN4. The highest BCUT2D eigenvalue weighted by Crippen LogP contribution is 2.31. The Morgan fingerprint density at radius 1 is 1.29 bits per heavy atom. The number of aryl methyl sites for hydroxylation is 1. The third kappa shape index (κ3) is 2.80. The van der Waals surface area contributed by atoms with E-state index in [0.717, 1.165) is 30.5 Å². The van der Waals surface area contributed by atoms with Crippen molar-refractivity contribution in [3.05, 3.63) is 45.3 Å². The van der Waals surface area contributed by atoms with E-state index < -0.39 is 5.82 Å². The van der Waals surface area contributed by atoms with Crippen LogP contribution >= 0.6 is 23.2 Å². The number of halogens is 3. The Bertz CT molecular complexity index is 693. The van der Waals surface area contributed by atoms with E-state index in [0.29, 0.717) is 11.4 Å². The molecule has 1 aliphatic carbocycles. The minimum atomic E-state index is -0.518. The highest BCUT2D eigenvalue weighted by Gasteiger charge is 2.21. The van der Waals surface area contributed by atoms with Gasteiger partial charge in [0.1, 0.15) is 5.82 Å². The van der Waals surface area contributed by atoms with E-state index in [9.17, 15) is 4.39 Å². The van der Waals surface area contributed by atoms with Crippen molar-refractivity contribution in [2.24, 2.45) is 0 Å². The monoisotopic (exact) mass is 326 g/mol. The van der Waals surface area contributed by atoms with Gasteiger partial charge < -0.3 is 5.32 Å². The number of nitrogens with zero attached hydrogens (tertiary/aromatic N) is 3. The minimum absolute atomic E-state index is 0.132. The second kappa shape index (κ2) is 5.73. The molecule has 3 rings (SSSR count). The number of rotatable bonds is 3. The van der Waals surface area contributed by atoms with Gasteiger partial charge in [-0.15, -0.1) is 0 Å². The smallest absolute Gasteiger partial charge is 0.224 e. The molecule has 110 valence electrons. The summed E-state index contributed by atoms with van der Waals surface area (Å²) in [7, 11) is 0. The first kappa shape index (κ1) is 14.5. The normalized spacial score (nSPS) is 14.9. The number of fused-ring (bicyclic) bond motifs is 1. The molecule has 4 nitrogen and oxygen atoms in total. The van der Waals surface area contributed by atoms with Crippen molar-refractivity contribution < 1.29 is 4.39 Å². The zero-order chi connectivity index (χ0) is 15.0. The Morgan fingerprint density at radius 2 is 2.10 bits per heavy atom. The zero-order valence-corrected chi connectivity index (χ0v) is 12.8. The summed E-state index contributed by atoms with van der Waals surface area (Å²) in [5.74, 6) is 0.151. The molecule has 0 saturated heterocycles. The molecule has 2 aromatic heterocycles. The topological polar surface area (TPSA) is 50.7 Å². The lowest BCUT2D eigenvalue weighted by Crippen LogP contribution is -2.13. The zero-order valence-electron chi connectivity index (χ0n) is 11.3. The summed E-state index contributed by atoms with van der Waals surface area (Å²) in [6, 6.07) is 1.29. The number of pyridine rings is 1. The Labute approximate surface area is 131 Å². The average Bonchev–Trinajstić information content (AvgIpc) is 2.90. The molecule has 2 heterocycles. The van der Waals surface area contributed by atoms with Gasteiger partial charge in [-0.3, -0.25) is 0 Å². The predicted octanol–water partition coefficient (Wildman–Crippen LogP) is 3.98. The fraction of sp³-hybridized carbons (Fsp3) is 0.357. The largest absolute Gasteiger partial charge is 0.363 e. The molecule has 1 unspecified atom stereocenters. The van der Waals surface area contributed by atoms with Crippen LogP contribution in [0, 0.1) is 5.82 Å². The molecule has 21 heavy (non-hydrogen) atoms. The van der Waals surface area contributed by atoms with Crippen LogP contribution in [-0.2, 0) is 12.8 Å². The van der Waals surface area contributed by atoms with Crippen molar-refractivity contribution in [1.29, 1.82) is 0 Å². The molecule has 0 spiro atoms. The Morgan fingerprint density at radius 3 is 2.90 bits per heavy atom. The summed E-state index contributed by atoms with van der Waals surface area (Å²) < 4.78 is 14.0. The molecule has 7 heteroatoms. The Kier molecular flexibility index (Phi) is 3.95. The van der Waals surface area contributed by atoms with E-state index in [-0.39, 0.29) is 16.5 Å². The predicted molar refractivity (Wildman–Crippen MR) is 80.3 cm³/mol. The van der Waals surface area contributed by atoms with Gasteiger partial charge >= 0.3 is 0 Å². The maximum absolute atomic E-state index is 14.0. The van der Waals surface area contributed by atoms with Crippen molar-refractivity contribution >= 4 is 29.0 Å². The van der Waals surface area contributed by atoms with Gasteiger partial charge in [0.15, 0.2) is 11.0 Å². The molecule has 0 fully saturated rings. The molecule has 1 N–H and O–H groups in total. The minimum Gasteiger partial charge on any atom is -0.363 e. The molecule has 0 aromatic carbocycles. The van der Waals surface area contributed by atoms with Crippen LogP contribution in [0.4, 0.5) is 10.2 Å². The molecule has 0 amide bonds. The highest BCUT2D eigenvalue weighted by atomic mass is 35.5. The SMILES string of the molecule is CC(Nc1nc(Cl)nc2c1CCC2)c1ccnc(Cl)c1F. The number of hydrogen-bond acceptors (Lipinski definition) is 4. The van der Waals surface area contributed by atoms with Crippen LogP contribution in [-0.4, -0.2) is 15.0 Å². The Hall–Kier alpha value is -1.46. The van der Waals surface area contributed by atoms with Crippen LogP contribution in [0.15, 0.2) is 12.3 Å². The summed E-state index contributed by atoms with van der Waals surface area (Å²) in [4.78, 5) is 12.2. The third-order valence-corrected chi connectivity index (χ3v) is 4.03.